The predicted molar refractivity (Wildman–Crippen MR) is 96.8 cm³/mol. The van der Waals surface area contributed by atoms with E-state index in [-0.39, 0.29) is 17.4 Å². The van der Waals surface area contributed by atoms with Crippen LogP contribution in [-0.4, -0.2) is 33.4 Å². The largest absolute Gasteiger partial charge is 0.464 e. The Morgan fingerprint density at radius 3 is 2.96 bits per heavy atom. The number of pyridine rings is 2. The van der Waals surface area contributed by atoms with Crippen molar-refractivity contribution in [3.63, 3.8) is 0 Å². The number of carbonyl (C=O) groups excluding carboxylic acids is 1. The second-order valence-electron chi connectivity index (χ2n) is 7.33. The van der Waals surface area contributed by atoms with Crippen LogP contribution in [0.3, 0.4) is 0 Å². The number of carbonyl (C=O) groups is 1. The van der Waals surface area contributed by atoms with Crippen molar-refractivity contribution in [2.75, 3.05) is 13.1 Å². The van der Waals surface area contributed by atoms with Crippen LogP contribution in [0.25, 0.3) is 22.2 Å². The zero-order valence-corrected chi connectivity index (χ0v) is 14.5. The minimum atomic E-state index is 0.00535. The first-order valence-electron chi connectivity index (χ1n) is 8.93. The number of aromatic nitrogens is 2. The SMILES string of the molecule is CC(=O)N1C[C@@H]2C[C@H](C1)c1cc(-c3nccc4occc34)cc(=O)n1C2. The molecule has 0 aliphatic carbocycles. The molecule has 2 bridgehead atoms. The van der Waals surface area contributed by atoms with E-state index in [0.29, 0.717) is 19.0 Å². The van der Waals surface area contributed by atoms with Crippen LogP contribution in [-0.2, 0) is 11.3 Å². The summed E-state index contributed by atoms with van der Waals surface area (Å²) < 4.78 is 7.35. The molecular formula is C20H19N3O3. The van der Waals surface area contributed by atoms with Crippen LogP contribution in [0, 0.1) is 5.92 Å². The Kier molecular flexibility index (Phi) is 3.29. The minimum Gasteiger partial charge on any atom is -0.464 e. The van der Waals surface area contributed by atoms with Gasteiger partial charge in [-0.25, -0.2) is 0 Å². The summed E-state index contributed by atoms with van der Waals surface area (Å²) in [6.45, 7) is 3.72. The number of hydrogen-bond acceptors (Lipinski definition) is 4. The van der Waals surface area contributed by atoms with Crippen LogP contribution in [0.2, 0.25) is 0 Å². The fraction of sp³-hybridized carbons (Fsp3) is 0.350. The first kappa shape index (κ1) is 15.4. The molecular weight excluding hydrogens is 330 g/mol. The lowest BCUT2D eigenvalue weighted by atomic mass is 9.82. The van der Waals surface area contributed by atoms with Gasteiger partial charge in [0, 0.05) is 61.4 Å². The molecule has 0 N–H and O–H groups in total. The van der Waals surface area contributed by atoms with E-state index in [0.717, 1.165) is 40.9 Å². The highest BCUT2D eigenvalue weighted by Gasteiger charge is 2.35. The number of likely N-dealkylation sites (tertiary alicyclic amines) is 1. The molecule has 1 saturated heterocycles. The highest BCUT2D eigenvalue weighted by molar-refractivity contribution is 5.91. The molecule has 26 heavy (non-hydrogen) atoms. The molecule has 132 valence electrons. The lowest BCUT2D eigenvalue weighted by Crippen LogP contribution is -2.48. The van der Waals surface area contributed by atoms with Crippen molar-refractivity contribution in [3.8, 4) is 11.3 Å². The Hall–Kier alpha value is -2.89. The van der Waals surface area contributed by atoms with Gasteiger partial charge in [0.2, 0.25) is 5.91 Å². The third-order valence-corrected chi connectivity index (χ3v) is 5.65. The summed E-state index contributed by atoms with van der Waals surface area (Å²) in [5, 5.41) is 0.902. The van der Waals surface area contributed by atoms with Gasteiger partial charge in [0.15, 0.2) is 0 Å². The first-order valence-corrected chi connectivity index (χ1v) is 8.93. The van der Waals surface area contributed by atoms with Crippen LogP contribution in [0.5, 0.6) is 0 Å². The summed E-state index contributed by atoms with van der Waals surface area (Å²) >= 11 is 0. The molecule has 1 fully saturated rings. The van der Waals surface area contributed by atoms with Crippen molar-refractivity contribution >= 4 is 16.9 Å². The Morgan fingerprint density at radius 2 is 2.12 bits per heavy atom. The molecule has 5 heterocycles. The van der Waals surface area contributed by atoms with Gasteiger partial charge < -0.3 is 13.9 Å². The second-order valence-corrected chi connectivity index (χ2v) is 7.33. The van der Waals surface area contributed by atoms with Gasteiger partial charge in [0.05, 0.1) is 12.0 Å². The van der Waals surface area contributed by atoms with Crippen molar-refractivity contribution in [1.29, 1.82) is 0 Å². The number of rotatable bonds is 1. The summed E-state index contributed by atoms with van der Waals surface area (Å²) in [6.07, 6.45) is 4.36. The van der Waals surface area contributed by atoms with E-state index in [1.807, 2.05) is 21.6 Å². The number of furan rings is 1. The number of hydrogen-bond donors (Lipinski definition) is 0. The first-order chi connectivity index (χ1) is 12.6. The average molecular weight is 349 g/mol. The van der Waals surface area contributed by atoms with Crippen molar-refractivity contribution in [3.05, 3.63) is 52.8 Å². The van der Waals surface area contributed by atoms with Gasteiger partial charge in [-0.3, -0.25) is 14.6 Å². The van der Waals surface area contributed by atoms with E-state index < -0.39 is 0 Å². The molecule has 6 nitrogen and oxygen atoms in total. The third-order valence-electron chi connectivity index (χ3n) is 5.65. The van der Waals surface area contributed by atoms with Gasteiger partial charge in [-0.1, -0.05) is 0 Å². The topological polar surface area (TPSA) is 68.3 Å². The summed E-state index contributed by atoms with van der Waals surface area (Å²) in [5.74, 6) is 0.656. The third kappa shape index (κ3) is 2.29. The molecule has 6 heteroatoms. The Labute approximate surface area is 150 Å². The summed E-state index contributed by atoms with van der Waals surface area (Å²) in [5.41, 5.74) is 3.35. The predicted octanol–water partition coefficient (Wildman–Crippen LogP) is 2.62. The molecule has 5 rings (SSSR count). The molecule has 0 saturated carbocycles. The smallest absolute Gasteiger partial charge is 0.251 e. The number of amides is 1. The number of piperidine rings is 1. The molecule has 3 aromatic rings. The molecule has 2 atom stereocenters. The van der Waals surface area contributed by atoms with Crippen LogP contribution in [0.15, 0.2) is 45.9 Å². The lowest BCUT2D eigenvalue weighted by Gasteiger charge is -2.42. The summed E-state index contributed by atoms with van der Waals surface area (Å²) in [4.78, 5) is 31.1. The monoisotopic (exact) mass is 349 g/mol. The lowest BCUT2D eigenvalue weighted by molar-refractivity contribution is -0.131. The maximum atomic E-state index is 12.8. The maximum absolute atomic E-state index is 12.8. The van der Waals surface area contributed by atoms with Crippen molar-refractivity contribution < 1.29 is 9.21 Å². The van der Waals surface area contributed by atoms with E-state index in [9.17, 15) is 9.59 Å². The fourth-order valence-corrected chi connectivity index (χ4v) is 4.48. The second kappa shape index (κ2) is 5.56. The van der Waals surface area contributed by atoms with Gasteiger partial charge in [-0.15, -0.1) is 0 Å². The van der Waals surface area contributed by atoms with Gasteiger partial charge in [0.25, 0.3) is 5.56 Å². The molecule has 0 radical (unpaired) electrons. The molecule has 3 aromatic heterocycles. The van der Waals surface area contributed by atoms with Crippen LogP contribution in [0.4, 0.5) is 0 Å². The quantitative estimate of drug-likeness (QED) is 0.677. The van der Waals surface area contributed by atoms with E-state index in [1.54, 1.807) is 25.5 Å². The van der Waals surface area contributed by atoms with Gasteiger partial charge in [-0.05, 0) is 30.5 Å². The molecule has 2 aliphatic heterocycles. The highest BCUT2D eigenvalue weighted by Crippen LogP contribution is 2.37. The zero-order chi connectivity index (χ0) is 17.8. The van der Waals surface area contributed by atoms with Crippen molar-refractivity contribution in [2.24, 2.45) is 5.92 Å². The van der Waals surface area contributed by atoms with Gasteiger partial charge in [0.1, 0.15) is 5.58 Å². The molecule has 0 aromatic carbocycles. The van der Waals surface area contributed by atoms with Gasteiger partial charge in [-0.2, -0.15) is 0 Å². The normalized spacial score (nSPS) is 21.7. The molecule has 0 spiro atoms. The Morgan fingerprint density at radius 1 is 1.23 bits per heavy atom. The van der Waals surface area contributed by atoms with Crippen molar-refractivity contribution in [2.45, 2.75) is 25.8 Å². The van der Waals surface area contributed by atoms with Crippen LogP contribution < -0.4 is 5.56 Å². The molecule has 0 unspecified atom stereocenters. The Bertz CT molecular complexity index is 1080. The van der Waals surface area contributed by atoms with Crippen molar-refractivity contribution in [1.82, 2.24) is 14.5 Å². The Balaban J connectivity index is 1.65. The van der Waals surface area contributed by atoms with Crippen LogP contribution >= 0.6 is 0 Å². The average Bonchev–Trinajstić information content (AvgIpc) is 3.11. The fourth-order valence-electron chi connectivity index (χ4n) is 4.48. The van der Waals surface area contributed by atoms with E-state index in [4.69, 9.17) is 4.42 Å². The van der Waals surface area contributed by atoms with E-state index in [1.165, 1.54) is 0 Å². The molecule has 1 amide bonds. The highest BCUT2D eigenvalue weighted by atomic mass is 16.3. The maximum Gasteiger partial charge on any atom is 0.251 e. The van der Waals surface area contributed by atoms with Crippen LogP contribution in [0.1, 0.15) is 25.0 Å². The number of fused-ring (bicyclic) bond motifs is 5. The minimum absolute atomic E-state index is 0.00535. The molecule has 2 aliphatic rings. The standard InChI is InChI=1S/C20H19N3O3/c1-12(24)22-9-13-6-15(11-22)17-7-14(8-19(25)23(17)10-13)20-16-3-5-26-18(16)2-4-21-20/h2-5,7-8,13,15H,6,9-11H2,1H3/t13-,15+/m0/s1. The zero-order valence-electron chi connectivity index (χ0n) is 14.5. The van der Waals surface area contributed by atoms with E-state index in [2.05, 4.69) is 11.1 Å². The number of nitrogens with zero attached hydrogens (tertiary/aromatic N) is 3. The van der Waals surface area contributed by atoms with Gasteiger partial charge >= 0.3 is 0 Å². The van der Waals surface area contributed by atoms with E-state index >= 15 is 0 Å². The summed E-state index contributed by atoms with van der Waals surface area (Å²) in [6, 6.07) is 7.44. The summed E-state index contributed by atoms with van der Waals surface area (Å²) in [7, 11) is 0.